The minimum Gasteiger partial charge on any atom is -0.444 e. The normalized spacial score (nSPS) is 13.4. The zero-order chi connectivity index (χ0) is 34.9. The van der Waals surface area contributed by atoms with Crippen LogP contribution in [-0.4, -0.2) is 38.6 Å². The molecule has 2 heterocycles. The fourth-order valence-corrected chi connectivity index (χ4v) is 7.09. The molecule has 50 heavy (non-hydrogen) atoms. The van der Waals surface area contributed by atoms with Crippen molar-refractivity contribution in [2.75, 3.05) is 5.32 Å². The molecule has 1 fully saturated rings. The number of thiophene rings is 1. The molecule has 1 aliphatic carbocycles. The molecule has 7 nitrogen and oxygen atoms in total. The lowest BCUT2D eigenvalue weighted by molar-refractivity contribution is 0.00988. The highest BCUT2D eigenvalue weighted by Crippen LogP contribution is 2.28. The molecule has 1 N–H and O–H groups in total. The fraction of sp³-hybridized carbons (Fsp3) is 0.310. The van der Waals surface area contributed by atoms with Gasteiger partial charge in [-0.2, -0.15) is 0 Å². The van der Waals surface area contributed by atoms with E-state index in [0.717, 1.165) is 64.8 Å². The van der Waals surface area contributed by atoms with Gasteiger partial charge >= 0.3 is 12.1 Å². The van der Waals surface area contributed by atoms with Gasteiger partial charge in [-0.1, -0.05) is 92.1 Å². The maximum Gasteiger partial charge on any atom is 0.410 e. The molecule has 5 aromatic rings. The second kappa shape index (κ2) is 16.2. The number of ether oxygens (including phenoxy) is 1. The number of nitrogens with zero attached hydrogens (tertiary/aromatic N) is 3. The number of carbonyl (C=O) groups excluding carboxylic acids is 2. The molecule has 2 aromatic heterocycles. The van der Waals surface area contributed by atoms with E-state index < -0.39 is 5.60 Å². The number of anilines is 1. The molecule has 3 amide bonds. The van der Waals surface area contributed by atoms with Crippen LogP contribution >= 0.6 is 11.3 Å². The van der Waals surface area contributed by atoms with Crippen molar-refractivity contribution in [3.8, 4) is 21.6 Å². The lowest BCUT2D eigenvalue weighted by atomic mass is 9.94. The third-order valence-electron chi connectivity index (χ3n) is 8.94. The van der Waals surface area contributed by atoms with E-state index >= 15 is 0 Å². The Hall–Kier alpha value is -4.95. The Morgan fingerprint density at radius 1 is 0.760 bits per heavy atom. The van der Waals surface area contributed by atoms with Gasteiger partial charge in [0.15, 0.2) is 0 Å². The summed E-state index contributed by atoms with van der Waals surface area (Å²) in [5.74, 6) is 0. The molecule has 8 heteroatoms. The molecule has 0 unspecified atom stereocenters. The first-order valence-corrected chi connectivity index (χ1v) is 18.3. The number of aromatic nitrogens is 1. The van der Waals surface area contributed by atoms with Crippen LogP contribution in [-0.2, 0) is 24.4 Å². The number of pyridine rings is 1. The van der Waals surface area contributed by atoms with Gasteiger partial charge in [-0.05, 0) is 96.6 Å². The second-order valence-corrected chi connectivity index (χ2v) is 14.9. The minimum atomic E-state index is -0.532. The van der Waals surface area contributed by atoms with Crippen LogP contribution < -0.4 is 5.32 Å². The van der Waals surface area contributed by atoms with Crippen LogP contribution in [0.3, 0.4) is 0 Å². The molecule has 0 saturated heterocycles. The molecule has 1 saturated carbocycles. The number of rotatable bonds is 10. The third-order valence-corrected chi connectivity index (χ3v) is 9.86. The lowest BCUT2D eigenvalue weighted by Gasteiger charge is -2.35. The van der Waals surface area contributed by atoms with Crippen molar-refractivity contribution in [3.05, 3.63) is 132 Å². The SMILES string of the molecule is CC(C)(C)OC(=O)N(Cc1ccc(-c2ccc(CN(Cc3cccnc3)C(=O)Nc3ccc(-c4cccs4)cc3)cc2)cc1)C1CCCCC1. The number of hydrogen-bond donors (Lipinski definition) is 1. The Kier molecular flexibility index (Phi) is 11.3. The smallest absolute Gasteiger partial charge is 0.410 e. The first kappa shape index (κ1) is 34.9. The number of carbonyl (C=O) groups is 2. The summed E-state index contributed by atoms with van der Waals surface area (Å²) in [6.07, 6.45) is 8.87. The summed E-state index contributed by atoms with van der Waals surface area (Å²) in [7, 11) is 0. The molecule has 6 rings (SSSR count). The molecule has 0 aliphatic heterocycles. The van der Waals surface area contributed by atoms with Crippen molar-refractivity contribution < 1.29 is 14.3 Å². The highest BCUT2D eigenvalue weighted by atomic mass is 32.1. The van der Waals surface area contributed by atoms with Crippen LogP contribution in [0.15, 0.2) is 115 Å². The van der Waals surface area contributed by atoms with Crippen LogP contribution in [0, 0.1) is 0 Å². The summed E-state index contributed by atoms with van der Waals surface area (Å²) in [4.78, 5) is 36.0. The van der Waals surface area contributed by atoms with Gasteiger partial charge in [0.2, 0.25) is 0 Å². The van der Waals surface area contributed by atoms with Crippen molar-refractivity contribution in [2.24, 2.45) is 0 Å². The monoisotopic (exact) mass is 686 g/mol. The van der Waals surface area contributed by atoms with Crippen LogP contribution in [0.2, 0.25) is 0 Å². The molecule has 0 atom stereocenters. The van der Waals surface area contributed by atoms with Gasteiger partial charge in [-0.3, -0.25) is 4.98 Å². The molecule has 0 bridgehead atoms. The third kappa shape index (κ3) is 9.60. The van der Waals surface area contributed by atoms with Crippen molar-refractivity contribution in [1.82, 2.24) is 14.8 Å². The van der Waals surface area contributed by atoms with Crippen molar-refractivity contribution in [1.29, 1.82) is 0 Å². The highest BCUT2D eigenvalue weighted by molar-refractivity contribution is 7.13. The minimum absolute atomic E-state index is 0.175. The summed E-state index contributed by atoms with van der Waals surface area (Å²) >= 11 is 1.69. The van der Waals surface area contributed by atoms with E-state index in [1.165, 1.54) is 11.3 Å². The predicted octanol–water partition coefficient (Wildman–Crippen LogP) is 10.8. The Labute approximate surface area is 299 Å². The molecule has 1 aliphatic rings. The Balaban J connectivity index is 1.12. The number of benzene rings is 3. The van der Waals surface area contributed by atoms with E-state index in [4.69, 9.17) is 4.74 Å². The van der Waals surface area contributed by atoms with E-state index in [1.807, 2.05) is 68.1 Å². The van der Waals surface area contributed by atoms with Crippen molar-refractivity contribution in [3.63, 3.8) is 0 Å². The average Bonchev–Trinajstić information content (AvgIpc) is 3.67. The fourth-order valence-electron chi connectivity index (χ4n) is 6.35. The van der Waals surface area contributed by atoms with Crippen LogP contribution in [0.1, 0.15) is 69.6 Å². The zero-order valence-electron chi connectivity index (χ0n) is 29.2. The maximum atomic E-state index is 13.6. The zero-order valence-corrected chi connectivity index (χ0v) is 30.0. The first-order valence-electron chi connectivity index (χ1n) is 17.5. The van der Waals surface area contributed by atoms with E-state index in [-0.39, 0.29) is 18.2 Å². The lowest BCUT2D eigenvalue weighted by Crippen LogP contribution is -2.43. The number of amides is 3. The quantitative estimate of drug-likeness (QED) is 0.159. The topological polar surface area (TPSA) is 74.8 Å². The number of urea groups is 1. The van der Waals surface area contributed by atoms with Gasteiger partial charge in [0.05, 0.1) is 0 Å². The summed E-state index contributed by atoms with van der Waals surface area (Å²) < 4.78 is 5.81. The van der Waals surface area contributed by atoms with Gasteiger partial charge in [0, 0.05) is 48.6 Å². The molecular weight excluding hydrogens is 641 g/mol. The van der Waals surface area contributed by atoms with Gasteiger partial charge in [0.1, 0.15) is 5.60 Å². The van der Waals surface area contributed by atoms with E-state index in [2.05, 4.69) is 70.3 Å². The Morgan fingerprint density at radius 3 is 1.96 bits per heavy atom. The predicted molar refractivity (Wildman–Crippen MR) is 203 cm³/mol. The standard InChI is InChI=1S/C42H46N4O3S/c1-42(2,3)49-41(48)46(38-10-5-4-6-11-38)30-32-15-19-35(20-16-32)34-17-13-31(14-18-34)28-45(29-33-9-7-25-43-27-33)40(47)44-37-23-21-36(22-24-37)39-12-8-26-50-39/h7-9,12-27,38H,4-6,10-11,28-30H2,1-3H3,(H,44,47). The number of nitrogens with one attached hydrogen (secondary N) is 1. The summed E-state index contributed by atoms with van der Waals surface area (Å²) in [6, 6.07) is 32.8. The van der Waals surface area contributed by atoms with E-state index in [0.29, 0.717) is 19.6 Å². The van der Waals surface area contributed by atoms with Crippen molar-refractivity contribution in [2.45, 2.75) is 84.2 Å². The number of hydrogen-bond acceptors (Lipinski definition) is 5. The Bertz CT molecular complexity index is 1810. The highest BCUT2D eigenvalue weighted by Gasteiger charge is 2.29. The first-order chi connectivity index (χ1) is 24.2. The van der Waals surface area contributed by atoms with Crippen LogP contribution in [0.4, 0.5) is 15.3 Å². The largest absolute Gasteiger partial charge is 0.444 e. The van der Waals surface area contributed by atoms with Crippen molar-refractivity contribution >= 4 is 29.1 Å². The van der Waals surface area contributed by atoms with Gasteiger partial charge in [-0.15, -0.1) is 11.3 Å². The molecule has 0 spiro atoms. The molecule has 3 aromatic carbocycles. The van der Waals surface area contributed by atoms with Gasteiger partial charge < -0.3 is 19.9 Å². The van der Waals surface area contributed by atoms with Gasteiger partial charge in [-0.25, -0.2) is 9.59 Å². The average molecular weight is 687 g/mol. The summed E-state index contributed by atoms with van der Waals surface area (Å²) in [5.41, 5.74) is 6.60. The summed E-state index contributed by atoms with van der Waals surface area (Å²) in [5, 5.41) is 5.15. The molecule has 0 radical (unpaired) electrons. The van der Waals surface area contributed by atoms with Crippen LogP contribution in [0.25, 0.3) is 21.6 Å². The van der Waals surface area contributed by atoms with Crippen LogP contribution in [0.5, 0.6) is 0 Å². The summed E-state index contributed by atoms with van der Waals surface area (Å²) in [6.45, 7) is 7.16. The maximum absolute atomic E-state index is 13.6. The molecular formula is C42H46N4O3S. The second-order valence-electron chi connectivity index (χ2n) is 14.0. The van der Waals surface area contributed by atoms with E-state index in [1.54, 1.807) is 28.6 Å². The van der Waals surface area contributed by atoms with E-state index in [9.17, 15) is 9.59 Å². The molecule has 258 valence electrons. The van der Waals surface area contributed by atoms with Gasteiger partial charge in [0.25, 0.3) is 0 Å². The Morgan fingerprint density at radius 2 is 1.38 bits per heavy atom.